The molecule has 1 aromatic heterocycles. The second kappa shape index (κ2) is 9.58. The number of hydrogen-bond acceptors (Lipinski definition) is 6. The number of pyridine rings is 1. The number of rotatable bonds is 7. The van der Waals surface area contributed by atoms with Gasteiger partial charge in [-0.1, -0.05) is 13.0 Å². The normalized spacial score (nSPS) is 24.3. The first-order valence-corrected chi connectivity index (χ1v) is 11.4. The smallest absolute Gasteiger partial charge is 0.418 e. The van der Waals surface area contributed by atoms with Crippen LogP contribution in [0, 0.1) is 11.3 Å². The van der Waals surface area contributed by atoms with Gasteiger partial charge in [0.05, 0.1) is 42.3 Å². The zero-order chi connectivity index (χ0) is 24.5. The van der Waals surface area contributed by atoms with E-state index in [2.05, 4.69) is 22.9 Å². The fourth-order valence-electron chi connectivity index (χ4n) is 4.79. The van der Waals surface area contributed by atoms with Gasteiger partial charge in [-0.2, -0.15) is 13.2 Å². The lowest BCUT2D eigenvalue weighted by molar-refractivity contribution is -0.148. The molecular weight excluding hydrogens is 451 g/mol. The van der Waals surface area contributed by atoms with E-state index in [0.717, 1.165) is 18.2 Å². The first-order valence-electron chi connectivity index (χ1n) is 11.4. The van der Waals surface area contributed by atoms with Crippen LogP contribution in [-0.2, 0) is 27.1 Å². The third-order valence-corrected chi connectivity index (χ3v) is 6.57. The third kappa shape index (κ3) is 5.55. The van der Waals surface area contributed by atoms with Crippen LogP contribution in [0.4, 0.5) is 18.9 Å². The Balaban J connectivity index is 1.38. The van der Waals surface area contributed by atoms with Crippen LogP contribution in [0.1, 0.15) is 31.5 Å². The minimum Gasteiger partial charge on any atom is -0.487 e. The molecule has 0 radical (unpaired) electrons. The van der Waals surface area contributed by atoms with Gasteiger partial charge in [0.2, 0.25) is 0 Å². The monoisotopic (exact) mass is 481 g/mol. The summed E-state index contributed by atoms with van der Waals surface area (Å²) in [4.78, 5) is 19.0. The number of carboxylic acid groups (broad SMARTS) is 1. The Labute approximate surface area is 196 Å². The predicted octanol–water partition coefficient (Wildman–Crippen LogP) is 3.71. The minimum absolute atomic E-state index is 0.0629. The molecule has 10 heteroatoms. The Morgan fingerprint density at radius 3 is 2.65 bits per heavy atom. The van der Waals surface area contributed by atoms with Gasteiger partial charge in [0, 0.05) is 38.1 Å². The summed E-state index contributed by atoms with van der Waals surface area (Å²) in [7, 11) is 0. The number of halogens is 3. The molecule has 7 nitrogen and oxygen atoms in total. The number of carboxylic acids is 1. The number of carbonyl (C=O) groups is 1. The predicted molar refractivity (Wildman–Crippen MR) is 119 cm³/mol. The number of morpholine rings is 1. The summed E-state index contributed by atoms with van der Waals surface area (Å²) in [6.07, 6.45) is 1.54. The molecule has 186 valence electrons. The van der Waals surface area contributed by atoms with Crippen molar-refractivity contribution >= 4 is 11.7 Å². The van der Waals surface area contributed by atoms with Gasteiger partial charge in [0.1, 0.15) is 12.4 Å². The van der Waals surface area contributed by atoms with E-state index in [4.69, 9.17) is 14.6 Å². The van der Waals surface area contributed by atoms with Crippen molar-refractivity contribution in [3.05, 3.63) is 47.0 Å². The van der Waals surface area contributed by atoms with Gasteiger partial charge in [-0.3, -0.25) is 9.78 Å². The van der Waals surface area contributed by atoms with Crippen molar-refractivity contribution in [2.45, 2.75) is 33.1 Å². The zero-order valence-corrected chi connectivity index (χ0v) is 19.4. The highest BCUT2D eigenvalue weighted by Gasteiger charge is 2.38. The number of aromatic nitrogens is 1. The number of alkyl halides is 3. The van der Waals surface area contributed by atoms with Crippen LogP contribution in [0.3, 0.4) is 0 Å². The van der Waals surface area contributed by atoms with Crippen molar-refractivity contribution in [3.8, 4) is 0 Å². The van der Waals surface area contributed by atoms with Crippen LogP contribution in [0.5, 0.6) is 0 Å². The van der Waals surface area contributed by atoms with Gasteiger partial charge in [-0.05, 0) is 31.1 Å². The molecule has 1 aliphatic carbocycles. The lowest BCUT2D eigenvalue weighted by Crippen LogP contribution is -2.53. The standard InChI is InChI=1S/C24H30F3N3O4/c1-16-10-23(2,15-29-12-17(13-29)22(31)32)4-3-21(16)34-14-18-9-19(24(25,26)27)20(11-28-18)30-5-7-33-8-6-30/h3,9-11,17H,4-8,12-15H2,1-2H3,(H,31,32). The molecule has 2 fully saturated rings. The summed E-state index contributed by atoms with van der Waals surface area (Å²) in [5, 5.41) is 9.05. The molecule has 4 rings (SSSR count). The molecule has 1 aromatic rings. The van der Waals surface area contributed by atoms with Gasteiger partial charge in [-0.15, -0.1) is 0 Å². The maximum Gasteiger partial charge on any atom is 0.418 e. The molecule has 2 aliphatic heterocycles. The van der Waals surface area contributed by atoms with E-state index in [1.54, 1.807) is 4.90 Å². The van der Waals surface area contributed by atoms with Gasteiger partial charge >= 0.3 is 12.1 Å². The van der Waals surface area contributed by atoms with Crippen LogP contribution in [0.25, 0.3) is 0 Å². The topological polar surface area (TPSA) is 75.1 Å². The highest BCUT2D eigenvalue weighted by Crippen LogP contribution is 2.38. The fraction of sp³-hybridized carbons (Fsp3) is 0.583. The minimum atomic E-state index is -4.50. The van der Waals surface area contributed by atoms with Crippen LogP contribution >= 0.6 is 0 Å². The molecule has 0 aromatic carbocycles. The molecule has 0 amide bonds. The number of likely N-dealkylation sites (tertiary alicyclic amines) is 1. The Morgan fingerprint density at radius 1 is 1.32 bits per heavy atom. The van der Waals surface area contributed by atoms with Crippen molar-refractivity contribution in [3.63, 3.8) is 0 Å². The first kappa shape index (κ1) is 24.5. The number of nitrogens with zero attached hydrogens (tertiary/aromatic N) is 3. The summed E-state index contributed by atoms with van der Waals surface area (Å²) in [5.41, 5.74) is 0.327. The number of aliphatic carboxylic acids is 1. The Bertz CT molecular complexity index is 982. The zero-order valence-electron chi connectivity index (χ0n) is 19.4. The molecule has 2 saturated heterocycles. The number of hydrogen-bond donors (Lipinski definition) is 1. The number of allylic oxidation sites excluding steroid dienone is 2. The molecule has 1 atom stereocenters. The molecule has 3 aliphatic rings. The Hall–Kier alpha value is -2.59. The van der Waals surface area contributed by atoms with Gasteiger partial charge in [-0.25, -0.2) is 0 Å². The summed E-state index contributed by atoms with van der Waals surface area (Å²) in [6.45, 7) is 7.38. The van der Waals surface area contributed by atoms with Crippen molar-refractivity contribution in [2.75, 3.05) is 50.8 Å². The molecule has 0 saturated carbocycles. The summed E-state index contributed by atoms with van der Waals surface area (Å²) >= 11 is 0. The maximum atomic E-state index is 13.7. The lowest BCUT2D eigenvalue weighted by Gasteiger charge is -2.42. The van der Waals surface area contributed by atoms with Crippen molar-refractivity contribution in [1.29, 1.82) is 0 Å². The molecule has 34 heavy (non-hydrogen) atoms. The summed E-state index contributed by atoms with van der Waals surface area (Å²) in [6, 6.07) is 1.07. The first-order chi connectivity index (χ1) is 16.0. The third-order valence-electron chi connectivity index (χ3n) is 6.57. The summed E-state index contributed by atoms with van der Waals surface area (Å²) < 4.78 is 52.4. The summed E-state index contributed by atoms with van der Waals surface area (Å²) in [5.74, 6) is -0.417. The van der Waals surface area contributed by atoms with Crippen LogP contribution in [-0.4, -0.2) is 66.9 Å². The quantitative estimate of drug-likeness (QED) is 0.636. The molecular formula is C24H30F3N3O4. The van der Waals surface area contributed by atoms with Crippen molar-refractivity contribution in [2.24, 2.45) is 11.3 Å². The Kier molecular flexibility index (Phi) is 6.91. The average Bonchev–Trinajstić information content (AvgIpc) is 2.75. The second-order valence-corrected chi connectivity index (χ2v) is 9.56. The van der Waals surface area contributed by atoms with Crippen LogP contribution in [0.15, 0.2) is 35.7 Å². The second-order valence-electron chi connectivity index (χ2n) is 9.56. The van der Waals surface area contributed by atoms with Gasteiger partial charge < -0.3 is 24.4 Å². The SMILES string of the molecule is CC1=CC(C)(CN2CC(C(=O)O)C2)CC=C1OCc1cc(C(F)(F)F)c(N2CCOCC2)cn1. The van der Waals surface area contributed by atoms with Crippen molar-refractivity contribution in [1.82, 2.24) is 9.88 Å². The van der Waals surface area contributed by atoms with E-state index in [1.165, 1.54) is 6.20 Å². The van der Waals surface area contributed by atoms with E-state index in [9.17, 15) is 18.0 Å². The van der Waals surface area contributed by atoms with E-state index >= 15 is 0 Å². The molecule has 3 heterocycles. The fourth-order valence-corrected chi connectivity index (χ4v) is 4.79. The molecule has 1 unspecified atom stereocenters. The molecule has 1 N–H and O–H groups in total. The molecule has 0 spiro atoms. The highest BCUT2D eigenvalue weighted by molar-refractivity contribution is 5.71. The van der Waals surface area contributed by atoms with Gasteiger partial charge in [0.15, 0.2) is 0 Å². The highest BCUT2D eigenvalue weighted by atomic mass is 19.4. The number of anilines is 1. The maximum absolute atomic E-state index is 13.7. The van der Waals surface area contributed by atoms with E-state index in [1.807, 2.05) is 13.0 Å². The molecule has 0 bridgehead atoms. The Morgan fingerprint density at radius 2 is 2.03 bits per heavy atom. The number of ether oxygens (including phenoxy) is 2. The average molecular weight is 482 g/mol. The van der Waals surface area contributed by atoms with E-state index in [-0.39, 0.29) is 29.3 Å². The largest absolute Gasteiger partial charge is 0.487 e. The lowest BCUT2D eigenvalue weighted by atomic mass is 9.79. The van der Waals surface area contributed by atoms with E-state index in [0.29, 0.717) is 51.6 Å². The van der Waals surface area contributed by atoms with Crippen LogP contribution in [0.2, 0.25) is 0 Å². The van der Waals surface area contributed by atoms with Gasteiger partial charge in [0.25, 0.3) is 0 Å². The van der Waals surface area contributed by atoms with Crippen LogP contribution < -0.4 is 4.90 Å². The van der Waals surface area contributed by atoms with Crippen molar-refractivity contribution < 1.29 is 32.5 Å². The van der Waals surface area contributed by atoms with E-state index < -0.39 is 17.7 Å².